The van der Waals surface area contributed by atoms with Gasteiger partial charge in [-0.3, -0.25) is 4.79 Å². The number of ether oxygens (including phenoxy) is 1. The summed E-state index contributed by atoms with van der Waals surface area (Å²) in [5.41, 5.74) is 0. The molecule has 22 heavy (non-hydrogen) atoms. The average molecular weight is 323 g/mol. The number of benzene rings is 1. The van der Waals surface area contributed by atoms with E-state index in [2.05, 4.69) is 10.1 Å². The summed E-state index contributed by atoms with van der Waals surface area (Å²) >= 11 is 0. The number of carbonyl (C=O) groups excluding carboxylic acids is 1. The lowest BCUT2D eigenvalue weighted by molar-refractivity contribution is -0.124. The number of amides is 1. The van der Waals surface area contributed by atoms with Gasteiger partial charge in [-0.05, 0) is 12.8 Å². The van der Waals surface area contributed by atoms with Crippen LogP contribution in [0.15, 0.2) is 6.07 Å². The Balaban J connectivity index is 0.00000211. The topological polar surface area (TPSA) is 38.3 Å². The normalized spacial score (nSPS) is 11.5. The molecule has 0 radical (unpaired) electrons. The molecule has 0 spiro atoms. The third-order valence-corrected chi connectivity index (χ3v) is 2.81. The molecule has 0 bridgehead atoms. The zero-order valence-electron chi connectivity index (χ0n) is 13.3. The van der Waals surface area contributed by atoms with Crippen molar-refractivity contribution in [3.05, 3.63) is 29.3 Å². The Morgan fingerprint density at radius 2 is 1.55 bits per heavy atom. The maximum absolute atomic E-state index is 13.2. The minimum Gasteiger partial charge on any atom is -0.477 e. The first kappa shape index (κ1) is 20.2. The molecule has 0 saturated heterocycles. The number of nitrogens with one attached hydrogen (secondary N) is 1. The molecule has 0 aliphatic heterocycles. The summed E-state index contributed by atoms with van der Waals surface area (Å²) in [4.78, 5) is 11.5. The van der Waals surface area contributed by atoms with Crippen molar-refractivity contribution in [1.29, 1.82) is 0 Å². The smallest absolute Gasteiger partial charge is 0.258 e. The summed E-state index contributed by atoms with van der Waals surface area (Å²) in [5, 5.41) is 2.52. The molecule has 1 atom stereocenters. The maximum atomic E-state index is 13.2. The Labute approximate surface area is 127 Å². The minimum atomic E-state index is -1.67. The maximum Gasteiger partial charge on any atom is 0.258 e. The predicted molar refractivity (Wildman–Crippen MR) is 75.6 cm³/mol. The van der Waals surface area contributed by atoms with E-state index in [9.17, 15) is 22.4 Å². The highest BCUT2D eigenvalue weighted by atomic mass is 19.2. The Morgan fingerprint density at radius 1 is 1.09 bits per heavy atom. The highest BCUT2D eigenvalue weighted by Crippen LogP contribution is 2.26. The summed E-state index contributed by atoms with van der Waals surface area (Å²) < 4.78 is 56.8. The van der Waals surface area contributed by atoms with Crippen molar-refractivity contribution in [2.75, 3.05) is 6.61 Å². The van der Waals surface area contributed by atoms with Gasteiger partial charge in [-0.1, -0.05) is 27.7 Å². The van der Waals surface area contributed by atoms with Crippen LogP contribution < -0.4 is 10.1 Å². The third-order valence-electron chi connectivity index (χ3n) is 2.81. The number of rotatable bonds is 5. The van der Waals surface area contributed by atoms with Crippen LogP contribution in [0.3, 0.4) is 0 Å². The average Bonchev–Trinajstić information content (AvgIpc) is 2.47. The van der Waals surface area contributed by atoms with Crippen LogP contribution in [-0.2, 0) is 4.79 Å². The first-order chi connectivity index (χ1) is 10.2. The van der Waals surface area contributed by atoms with Gasteiger partial charge >= 0.3 is 0 Å². The highest BCUT2D eigenvalue weighted by Gasteiger charge is 2.21. The lowest BCUT2D eigenvalue weighted by Crippen LogP contribution is -2.39. The van der Waals surface area contributed by atoms with Crippen LogP contribution in [0, 0.1) is 29.2 Å². The molecule has 1 N–H and O–H groups in total. The summed E-state index contributed by atoms with van der Waals surface area (Å²) in [7, 11) is 0. The van der Waals surface area contributed by atoms with E-state index in [1.165, 1.54) is 0 Å². The van der Waals surface area contributed by atoms with Gasteiger partial charge in [-0.2, -0.15) is 8.78 Å². The van der Waals surface area contributed by atoms with E-state index in [0.29, 0.717) is 0 Å². The van der Waals surface area contributed by atoms with Crippen LogP contribution in [0.2, 0.25) is 0 Å². The van der Waals surface area contributed by atoms with E-state index in [-0.39, 0.29) is 18.0 Å². The van der Waals surface area contributed by atoms with Gasteiger partial charge in [0.15, 0.2) is 24.0 Å². The van der Waals surface area contributed by atoms with Crippen LogP contribution in [0.25, 0.3) is 0 Å². The Morgan fingerprint density at radius 3 is 1.95 bits per heavy atom. The summed E-state index contributed by atoms with van der Waals surface area (Å²) in [6.45, 7) is 8.74. The van der Waals surface area contributed by atoms with Crippen molar-refractivity contribution in [2.24, 2.45) is 5.92 Å². The SMILES string of the molecule is CC.CC(C)C(C)NC(=O)COc1c(F)c(F)cc(F)c1F. The predicted octanol–water partition coefficient (Wildman–Crippen LogP) is 3.81. The quantitative estimate of drug-likeness (QED) is 0.661. The molecule has 0 aliphatic carbocycles. The largest absolute Gasteiger partial charge is 0.477 e. The van der Waals surface area contributed by atoms with Gasteiger partial charge in [0.25, 0.3) is 5.91 Å². The molecule has 1 aromatic carbocycles. The van der Waals surface area contributed by atoms with Gasteiger partial charge in [0.2, 0.25) is 11.6 Å². The molecular formula is C15H21F4NO2. The highest BCUT2D eigenvalue weighted by molar-refractivity contribution is 5.77. The van der Waals surface area contributed by atoms with Crippen LogP contribution in [0.5, 0.6) is 5.75 Å². The number of carbonyl (C=O) groups is 1. The molecule has 126 valence electrons. The van der Waals surface area contributed by atoms with Crippen LogP contribution in [0.1, 0.15) is 34.6 Å². The molecule has 1 rings (SSSR count). The second-order valence-electron chi connectivity index (χ2n) is 4.69. The molecular weight excluding hydrogens is 302 g/mol. The Bertz CT molecular complexity index is 481. The fraction of sp³-hybridized carbons (Fsp3) is 0.533. The van der Waals surface area contributed by atoms with E-state index in [0.717, 1.165) is 0 Å². The standard InChI is InChI=1S/C13H15F4NO2.C2H6/c1-6(2)7(3)18-10(19)5-20-13-11(16)8(14)4-9(15)12(13)17;1-2/h4,6-7H,5H2,1-3H3,(H,18,19);1-2H3. The van der Waals surface area contributed by atoms with Crippen LogP contribution in [0.4, 0.5) is 17.6 Å². The second kappa shape index (κ2) is 9.27. The van der Waals surface area contributed by atoms with E-state index in [4.69, 9.17) is 0 Å². The van der Waals surface area contributed by atoms with E-state index in [1.54, 1.807) is 6.92 Å². The first-order valence-electron chi connectivity index (χ1n) is 6.99. The van der Waals surface area contributed by atoms with Crippen molar-refractivity contribution in [3.8, 4) is 5.75 Å². The fourth-order valence-corrected chi connectivity index (χ4v) is 1.28. The monoisotopic (exact) mass is 323 g/mol. The summed E-state index contributed by atoms with van der Waals surface area (Å²) in [6, 6.07) is -0.108. The van der Waals surface area contributed by atoms with Gasteiger partial charge in [0.1, 0.15) is 0 Å². The van der Waals surface area contributed by atoms with E-state index >= 15 is 0 Å². The van der Waals surface area contributed by atoms with Crippen LogP contribution in [-0.4, -0.2) is 18.6 Å². The Hall–Kier alpha value is -1.79. The third kappa shape index (κ3) is 5.54. The molecule has 0 heterocycles. The Kier molecular flexibility index (Phi) is 8.52. The van der Waals surface area contributed by atoms with Crippen molar-refractivity contribution >= 4 is 5.91 Å². The number of hydrogen-bond donors (Lipinski definition) is 1. The van der Waals surface area contributed by atoms with E-state index in [1.807, 2.05) is 27.7 Å². The molecule has 0 saturated carbocycles. The molecule has 1 unspecified atom stereocenters. The molecule has 1 amide bonds. The van der Waals surface area contributed by atoms with Crippen molar-refractivity contribution in [2.45, 2.75) is 40.7 Å². The minimum absolute atomic E-state index is 0.0679. The molecule has 0 aliphatic rings. The molecule has 1 aromatic rings. The van der Waals surface area contributed by atoms with Crippen molar-refractivity contribution in [3.63, 3.8) is 0 Å². The van der Waals surface area contributed by atoms with Gasteiger partial charge < -0.3 is 10.1 Å². The fourth-order valence-electron chi connectivity index (χ4n) is 1.28. The van der Waals surface area contributed by atoms with Crippen LogP contribution >= 0.6 is 0 Å². The summed E-state index contributed by atoms with van der Waals surface area (Å²) in [6.07, 6.45) is 0. The van der Waals surface area contributed by atoms with E-state index < -0.39 is 41.5 Å². The molecule has 7 heteroatoms. The lowest BCUT2D eigenvalue weighted by atomic mass is 10.1. The number of halogens is 4. The lowest BCUT2D eigenvalue weighted by Gasteiger charge is -2.17. The molecule has 0 fully saturated rings. The zero-order valence-corrected chi connectivity index (χ0v) is 13.3. The zero-order chi connectivity index (χ0) is 17.4. The van der Waals surface area contributed by atoms with Gasteiger partial charge in [-0.15, -0.1) is 0 Å². The van der Waals surface area contributed by atoms with Crippen molar-refractivity contribution < 1.29 is 27.1 Å². The van der Waals surface area contributed by atoms with Crippen molar-refractivity contribution in [1.82, 2.24) is 5.32 Å². The molecule has 3 nitrogen and oxygen atoms in total. The van der Waals surface area contributed by atoms with Gasteiger partial charge in [0.05, 0.1) is 0 Å². The second-order valence-corrected chi connectivity index (χ2v) is 4.69. The van der Waals surface area contributed by atoms with Gasteiger partial charge in [-0.25, -0.2) is 8.78 Å². The van der Waals surface area contributed by atoms with Gasteiger partial charge in [0, 0.05) is 12.1 Å². The molecule has 0 aromatic heterocycles. The number of hydrogen-bond acceptors (Lipinski definition) is 2. The first-order valence-corrected chi connectivity index (χ1v) is 6.99. The summed E-state index contributed by atoms with van der Waals surface area (Å²) in [5.74, 6) is -8.25.